The van der Waals surface area contributed by atoms with Crippen molar-refractivity contribution in [3.8, 4) is 11.1 Å². The Balaban J connectivity index is 0.962. The van der Waals surface area contributed by atoms with E-state index in [0.717, 1.165) is 80.0 Å². The Morgan fingerprint density at radius 1 is 0.271 bits per heavy atom. The van der Waals surface area contributed by atoms with Gasteiger partial charge in [0, 0.05) is 149 Å². The third-order valence-corrected chi connectivity index (χ3v) is 29.1. The summed E-state index contributed by atoms with van der Waals surface area (Å²) >= 11 is 0. The maximum absolute atomic E-state index is 14.1. The van der Waals surface area contributed by atoms with Crippen LogP contribution >= 0.6 is 0 Å². The topological polar surface area (TPSA) is 829 Å². The van der Waals surface area contributed by atoms with Gasteiger partial charge in [0.2, 0.25) is 123 Å². The molecule has 0 aliphatic rings. The van der Waals surface area contributed by atoms with Gasteiger partial charge in [-0.1, -0.05) is 36.4 Å². The number of sulfonamides is 4. The number of nitrogens with zero attached hydrogens (tertiary/aromatic N) is 10. The van der Waals surface area contributed by atoms with Crippen molar-refractivity contribution in [2.24, 2.45) is 45.9 Å². The second-order valence-electron chi connectivity index (χ2n) is 29.9. The van der Waals surface area contributed by atoms with Crippen LogP contribution in [0.1, 0.15) is 72.1 Å². The SMILES string of the molecule is COC(=O)c1cc(Nc2ccc(Nc3nc(Nc4cccc(S(=O)(=O)N(CCC(N)=O)CCC(N)=O)c4)nc(Nc4cccc(S(=O)(=O)N(CCC(N)=O)CCC(N)=O)c4)n3)cc2S(=O)(=O)O)ccc1-c1ccc(Nc2ccc(Nc3nc(Nc4cccc(S(=O)(=O)N(CCC(N)=O)CCC(N)=O)c4)nc(Nc4cccc(S(=O)(=O)N(CCC(N)=O)CCC(N)=O)c4)n3)cc2S(=O)(=O)O)cc1C(=O)OC. The number of benzene rings is 8. The Labute approximate surface area is 799 Å². The van der Waals surface area contributed by atoms with Crippen molar-refractivity contribution in [2.75, 3.05) is 109 Å². The van der Waals surface area contributed by atoms with Crippen LogP contribution in [-0.4, -0.2) is 233 Å². The molecule has 26 N–H and O–H groups in total. The lowest BCUT2D eigenvalue weighted by atomic mass is 9.94. The highest BCUT2D eigenvalue weighted by atomic mass is 32.2. The second kappa shape index (κ2) is 46.0. The normalized spacial score (nSPS) is 11.9. The summed E-state index contributed by atoms with van der Waals surface area (Å²) in [6.07, 6.45) is -3.51. The number of esters is 2. The Hall–Kier alpha value is -15.7. The molecule has 10 rings (SSSR count). The molecule has 0 aliphatic carbocycles. The molecule has 0 bridgehead atoms. The maximum Gasteiger partial charge on any atom is 0.338 e. The molecule has 742 valence electrons. The highest BCUT2D eigenvalue weighted by Gasteiger charge is 2.33. The van der Waals surface area contributed by atoms with Gasteiger partial charge in [-0.15, -0.1) is 0 Å². The first-order chi connectivity index (χ1) is 65.9. The quantitative estimate of drug-likeness (QED) is 0.0192. The van der Waals surface area contributed by atoms with E-state index < -0.39 is 269 Å². The van der Waals surface area contributed by atoms with Crippen LogP contribution in [0.4, 0.5) is 92.6 Å². The molecule has 10 aromatic rings. The van der Waals surface area contributed by atoms with Gasteiger partial charge in [0.05, 0.1) is 56.3 Å². The average Bonchev–Trinajstić information content (AvgIpc) is 0.775. The van der Waals surface area contributed by atoms with Gasteiger partial charge >= 0.3 is 11.9 Å². The zero-order chi connectivity index (χ0) is 103. The number of primary amides is 8. The summed E-state index contributed by atoms with van der Waals surface area (Å²) in [6, 6.07) is 34.4. The Morgan fingerprint density at radius 3 is 0.657 bits per heavy atom. The summed E-state index contributed by atoms with van der Waals surface area (Å²) in [5.74, 6) is -11.4. The number of amides is 8. The second-order valence-corrected chi connectivity index (χ2v) is 40.5. The third-order valence-electron chi connectivity index (χ3n) is 19.8. The molecule has 0 aliphatic heterocycles. The Bertz CT molecular complexity index is 6480. The van der Waals surface area contributed by atoms with E-state index in [1.807, 2.05) is 0 Å². The summed E-state index contributed by atoms with van der Waals surface area (Å²) in [5, 5.41) is 22.7. The standard InChI is InChI=1S/C82H92N26O26S6/c1-133-75(117)61-43-51(91-63-21-17-53(45-65(63)139(127,128)129)97-81-101-77(93-47-7-3-11-55(39-47)135(119,120)105(31-23-67(83)109)32-24-68(84)110)99-78(102-81)94-48-8-4-12-56(40-48)136(121,122)106(33-25-69(85)111)34-26-70(86)112)15-19-59(61)60-20-16-52(44-62(60)76(118)134-2)92-64-22-18-54(46-66(64)140(130,131)132)98-82-103-79(95-49-9-5-13-57(41-49)137(123,124)107(35-27-71(87)113)36-28-72(88)114)100-80(104-82)96-50-10-6-14-58(42-50)138(125,126)108(37-29-73(89)115)38-30-74(90)116/h3-22,39-46,91-92H,23-38H2,1-2H3,(H2,83,109)(H2,84,110)(H2,85,111)(H2,86,112)(H2,87,113)(H2,88,114)(H2,89,115)(H2,90,116)(H,127,128,129)(H,130,131,132)(H3,93,94,97,99,101,102)(H3,95,96,98,100,103,104). The average molecular weight is 2050 g/mol. The number of methoxy groups -OCH3 is 2. The van der Waals surface area contributed by atoms with Crippen LogP contribution in [0, 0.1) is 0 Å². The fourth-order valence-electron chi connectivity index (χ4n) is 13.1. The highest BCUT2D eigenvalue weighted by Crippen LogP contribution is 2.39. The van der Waals surface area contributed by atoms with Crippen molar-refractivity contribution in [3.63, 3.8) is 0 Å². The first-order valence-electron chi connectivity index (χ1n) is 40.9. The van der Waals surface area contributed by atoms with Gasteiger partial charge in [0.15, 0.2) is 0 Å². The molecule has 0 spiro atoms. The number of aromatic nitrogens is 6. The van der Waals surface area contributed by atoms with E-state index in [1.165, 1.54) is 121 Å². The van der Waals surface area contributed by atoms with Crippen molar-refractivity contribution < 1.29 is 117 Å². The zero-order valence-corrected chi connectivity index (χ0v) is 78.6. The first kappa shape index (κ1) is 106. The predicted octanol–water partition coefficient (Wildman–Crippen LogP) is 2.70. The molecule has 58 heteroatoms. The van der Waals surface area contributed by atoms with E-state index >= 15 is 0 Å². The number of anilines is 16. The molecule has 0 unspecified atom stereocenters. The van der Waals surface area contributed by atoms with Gasteiger partial charge in [-0.2, -0.15) is 64.0 Å². The molecule has 0 atom stereocenters. The van der Waals surface area contributed by atoms with Crippen LogP contribution < -0.4 is 88.4 Å². The smallest absolute Gasteiger partial charge is 0.338 e. The van der Waals surface area contributed by atoms with Crippen molar-refractivity contribution >= 4 is 212 Å². The molecule has 2 aromatic heterocycles. The monoisotopic (exact) mass is 2050 g/mol. The summed E-state index contributed by atoms with van der Waals surface area (Å²) in [6.45, 7) is -3.54. The van der Waals surface area contributed by atoms with Crippen molar-refractivity contribution in [2.45, 2.75) is 80.7 Å². The van der Waals surface area contributed by atoms with Crippen molar-refractivity contribution in [1.82, 2.24) is 47.1 Å². The van der Waals surface area contributed by atoms with Gasteiger partial charge in [-0.05, 0) is 145 Å². The molecule has 0 saturated heterocycles. The lowest BCUT2D eigenvalue weighted by molar-refractivity contribution is -0.119. The summed E-state index contributed by atoms with van der Waals surface area (Å²) in [7, 11) is -26.6. The van der Waals surface area contributed by atoms with Gasteiger partial charge in [-0.25, -0.2) is 43.3 Å². The van der Waals surface area contributed by atoms with E-state index in [4.69, 9.17) is 55.3 Å². The van der Waals surface area contributed by atoms with Gasteiger partial charge < -0.3 is 97.9 Å². The van der Waals surface area contributed by atoms with Crippen molar-refractivity contribution in [3.05, 3.63) is 181 Å². The van der Waals surface area contributed by atoms with Gasteiger partial charge in [-0.3, -0.25) is 47.5 Å². The minimum absolute atomic E-state index is 0.0220. The highest BCUT2D eigenvalue weighted by molar-refractivity contribution is 7.90. The maximum atomic E-state index is 14.1. The van der Waals surface area contributed by atoms with Crippen LogP contribution in [0.2, 0.25) is 0 Å². The summed E-state index contributed by atoms with van der Waals surface area (Å²) in [4.78, 5) is 146. The van der Waals surface area contributed by atoms with Crippen LogP contribution in [0.25, 0.3) is 11.1 Å². The van der Waals surface area contributed by atoms with Crippen molar-refractivity contribution in [1.29, 1.82) is 0 Å². The number of hydrogen-bond donors (Lipinski definition) is 18. The number of nitrogens with one attached hydrogen (secondary N) is 8. The first-order valence-corrected chi connectivity index (χ1v) is 49.6. The van der Waals surface area contributed by atoms with Gasteiger partial charge in [0.1, 0.15) is 9.79 Å². The summed E-state index contributed by atoms with van der Waals surface area (Å²) in [5.41, 5.74) is 40.7. The fourth-order valence-corrected chi connectivity index (χ4v) is 20.4. The van der Waals surface area contributed by atoms with Crippen LogP contribution in [0.15, 0.2) is 199 Å². The lowest BCUT2D eigenvalue weighted by Gasteiger charge is -2.21. The number of rotatable bonds is 53. The molecular weight excluding hydrogens is 1960 g/mol. The Morgan fingerprint density at radius 2 is 0.464 bits per heavy atom. The minimum Gasteiger partial charge on any atom is -0.465 e. The number of ether oxygens (including phenoxy) is 2. The number of nitrogens with two attached hydrogens (primary N) is 8. The van der Waals surface area contributed by atoms with Crippen LogP contribution in [0.5, 0.6) is 0 Å². The van der Waals surface area contributed by atoms with Gasteiger partial charge in [0.25, 0.3) is 20.2 Å². The largest absolute Gasteiger partial charge is 0.465 e. The molecule has 0 saturated carbocycles. The van der Waals surface area contributed by atoms with Crippen LogP contribution in [0.3, 0.4) is 0 Å². The van der Waals surface area contributed by atoms with E-state index in [1.54, 1.807) is 0 Å². The van der Waals surface area contributed by atoms with E-state index in [9.17, 15) is 108 Å². The van der Waals surface area contributed by atoms with E-state index in [-0.39, 0.29) is 98.7 Å². The number of carbonyl (C=O) groups is 10. The fraction of sp³-hybridized carbons (Fsp3) is 0.220. The minimum atomic E-state index is -5.29. The van der Waals surface area contributed by atoms with E-state index in [2.05, 4.69) is 72.4 Å². The van der Waals surface area contributed by atoms with Crippen LogP contribution in [-0.2, 0) is 108 Å². The zero-order valence-electron chi connectivity index (χ0n) is 73.7. The molecule has 2 heterocycles. The molecule has 0 radical (unpaired) electrons. The summed E-state index contributed by atoms with van der Waals surface area (Å²) < 4.78 is 202. The van der Waals surface area contributed by atoms with E-state index in [0.29, 0.717) is 0 Å². The predicted molar refractivity (Wildman–Crippen MR) is 504 cm³/mol. The molecule has 8 amide bonds. The molecule has 8 aromatic carbocycles. The number of hydrogen-bond acceptors (Lipinski definition) is 38. The molecule has 140 heavy (non-hydrogen) atoms. The lowest BCUT2D eigenvalue weighted by Crippen LogP contribution is -2.36. The molecule has 0 fully saturated rings. The third kappa shape index (κ3) is 29.2. The number of carbonyl (C=O) groups excluding carboxylic acids is 10. The molecular formula is C82H92N26O26S6. The Kier molecular flexibility index (Phi) is 35.0. The molecule has 52 nitrogen and oxygen atoms in total.